The van der Waals surface area contributed by atoms with Gasteiger partial charge in [0.05, 0.1) is 6.54 Å². The van der Waals surface area contributed by atoms with Gasteiger partial charge < -0.3 is 15.5 Å². The highest BCUT2D eigenvalue weighted by atomic mass is 127. The Kier molecular flexibility index (Phi) is 9.30. The molecule has 3 fully saturated rings. The molecule has 2 atom stereocenters. The number of alkyl halides is 3. The van der Waals surface area contributed by atoms with Crippen molar-refractivity contribution in [2.75, 3.05) is 39.8 Å². The molecule has 3 aliphatic rings. The van der Waals surface area contributed by atoms with E-state index in [0.717, 1.165) is 38.6 Å². The molecule has 0 bridgehead atoms. The maximum Gasteiger partial charge on any atom is 0.401 e. The van der Waals surface area contributed by atoms with E-state index in [1.54, 1.807) is 7.05 Å². The molecule has 0 aromatic rings. The molecule has 2 N–H and O–H groups in total. The predicted octanol–water partition coefficient (Wildman–Crippen LogP) is 2.59. The standard InChI is InChI=1S/C19H32F3N5O.HI/c1-23-18(24-15-7-9-26(11-15)13-19(20,21)22)25-16-8-10-27(12-16)17(28)14-5-3-2-4-6-14;/h14-16H,2-13H2,1H3,(H2,23,24,25);1H. The number of nitrogens with one attached hydrogen (secondary N) is 2. The van der Waals surface area contributed by atoms with Crippen LogP contribution in [0.2, 0.25) is 0 Å². The first kappa shape index (κ1) is 24.5. The lowest BCUT2D eigenvalue weighted by molar-refractivity contribution is -0.143. The molecule has 1 aliphatic carbocycles. The smallest absolute Gasteiger partial charge is 0.352 e. The van der Waals surface area contributed by atoms with Crippen molar-refractivity contribution in [3.05, 3.63) is 0 Å². The van der Waals surface area contributed by atoms with Crippen molar-refractivity contribution in [2.24, 2.45) is 10.9 Å². The minimum absolute atomic E-state index is 0. The molecule has 0 aromatic carbocycles. The fourth-order valence-corrected chi connectivity index (χ4v) is 4.59. The molecule has 1 saturated carbocycles. The van der Waals surface area contributed by atoms with Crippen molar-refractivity contribution < 1.29 is 18.0 Å². The molecule has 2 unspecified atom stereocenters. The van der Waals surface area contributed by atoms with Gasteiger partial charge in [0.15, 0.2) is 5.96 Å². The van der Waals surface area contributed by atoms with Gasteiger partial charge in [0.25, 0.3) is 0 Å². The van der Waals surface area contributed by atoms with Crippen LogP contribution in [-0.4, -0.2) is 79.7 Å². The number of likely N-dealkylation sites (tertiary alicyclic amines) is 2. The zero-order chi connectivity index (χ0) is 20.1. The lowest BCUT2D eigenvalue weighted by Crippen LogP contribution is -2.49. The highest BCUT2D eigenvalue weighted by Gasteiger charge is 2.35. The number of aliphatic imine (C=N–C) groups is 1. The Hall–Kier alpha value is -0.780. The van der Waals surface area contributed by atoms with Crippen molar-refractivity contribution in [1.29, 1.82) is 0 Å². The van der Waals surface area contributed by atoms with Crippen LogP contribution in [0, 0.1) is 5.92 Å². The predicted molar refractivity (Wildman–Crippen MR) is 118 cm³/mol. The van der Waals surface area contributed by atoms with E-state index >= 15 is 0 Å². The molecule has 0 aromatic heterocycles. The number of hydrogen-bond donors (Lipinski definition) is 2. The van der Waals surface area contributed by atoms with Crippen molar-refractivity contribution in [2.45, 2.75) is 63.2 Å². The highest BCUT2D eigenvalue weighted by Crippen LogP contribution is 2.27. The van der Waals surface area contributed by atoms with E-state index in [2.05, 4.69) is 15.6 Å². The van der Waals surface area contributed by atoms with Crippen molar-refractivity contribution in [3.8, 4) is 0 Å². The Bertz CT molecular complexity index is 569. The molecule has 2 heterocycles. The van der Waals surface area contributed by atoms with Crippen LogP contribution >= 0.6 is 24.0 Å². The van der Waals surface area contributed by atoms with Crippen molar-refractivity contribution >= 4 is 35.8 Å². The van der Waals surface area contributed by atoms with E-state index in [0.29, 0.717) is 32.0 Å². The molecule has 3 rings (SSSR count). The molecular formula is C19H33F3IN5O. The van der Waals surface area contributed by atoms with Gasteiger partial charge in [-0.25, -0.2) is 0 Å². The van der Waals surface area contributed by atoms with E-state index in [-0.39, 0.29) is 47.9 Å². The Morgan fingerprint density at radius 2 is 1.62 bits per heavy atom. The lowest BCUT2D eigenvalue weighted by atomic mass is 9.88. The summed E-state index contributed by atoms with van der Waals surface area (Å²) in [6, 6.07) is 0.0846. The monoisotopic (exact) mass is 531 g/mol. The number of amides is 1. The van der Waals surface area contributed by atoms with Gasteiger partial charge in [-0.15, -0.1) is 24.0 Å². The lowest BCUT2D eigenvalue weighted by Gasteiger charge is -2.26. The highest BCUT2D eigenvalue weighted by molar-refractivity contribution is 14.0. The second kappa shape index (κ2) is 11.0. The van der Waals surface area contributed by atoms with Gasteiger partial charge in [-0.1, -0.05) is 19.3 Å². The van der Waals surface area contributed by atoms with E-state index in [1.165, 1.54) is 11.3 Å². The quantitative estimate of drug-likeness (QED) is 0.333. The summed E-state index contributed by atoms with van der Waals surface area (Å²) in [5.41, 5.74) is 0. The van der Waals surface area contributed by atoms with Gasteiger partial charge in [-0.2, -0.15) is 13.2 Å². The molecule has 168 valence electrons. The average Bonchev–Trinajstić information content (AvgIpc) is 3.29. The minimum atomic E-state index is -4.16. The first-order valence-corrected chi connectivity index (χ1v) is 10.4. The number of carbonyl (C=O) groups excluding carboxylic acids is 1. The van der Waals surface area contributed by atoms with Crippen LogP contribution in [0.25, 0.3) is 0 Å². The van der Waals surface area contributed by atoms with Gasteiger partial charge >= 0.3 is 6.18 Å². The summed E-state index contributed by atoms with van der Waals surface area (Å²) in [6.45, 7) is 1.35. The molecule has 1 amide bonds. The number of carbonyl (C=O) groups is 1. The van der Waals surface area contributed by atoms with Gasteiger partial charge in [-0.05, 0) is 25.7 Å². The Balaban J connectivity index is 0.00000300. The summed E-state index contributed by atoms with van der Waals surface area (Å²) in [6.07, 6.45) is 2.91. The van der Waals surface area contributed by atoms with Gasteiger partial charge in [0.1, 0.15) is 0 Å². The van der Waals surface area contributed by atoms with Crippen LogP contribution in [0.1, 0.15) is 44.9 Å². The van der Waals surface area contributed by atoms with E-state index in [4.69, 9.17) is 0 Å². The average molecular weight is 531 g/mol. The minimum Gasteiger partial charge on any atom is -0.352 e. The fourth-order valence-electron chi connectivity index (χ4n) is 4.59. The maximum atomic E-state index is 12.7. The second-order valence-corrected chi connectivity index (χ2v) is 8.30. The van der Waals surface area contributed by atoms with E-state index in [1.807, 2.05) is 4.90 Å². The van der Waals surface area contributed by atoms with Crippen molar-refractivity contribution in [1.82, 2.24) is 20.4 Å². The Morgan fingerprint density at radius 1 is 1.00 bits per heavy atom. The number of halogens is 4. The third kappa shape index (κ3) is 7.45. The largest absolute Gasteiger partial charge is 0.401 e. The topological polar surface area (TPSA) is 60.0 Å². The molecule has 6 nitrogen and oxygen atoms in total. The number of hydrogen-bond acceptors (Lipinski definition) is 3. The first-order chi connectivity index (χ1) is 13.3. The number of rotatable bonds is 4. The summed E-state index contributed by atoms with van der Waals surface area (Å²) >= 11 is 0. The SMILES string of the molecule is CN=C(NC1CCN(CC(F)(F)F)C1)NC1CCN(C(=O)C2CCCCC2)C1.I. The zero-order valence-corrected chi connectivity index (χ0v) is 19.3. The normalized spacial score (nSPS) is 27.0. The van der Waals surface area contributed by atoms with Gasteiger partial charge in [-0.3, -0.25) is 14.7 Å². The molecular weight excluding hydrogens is 498 g/mol. The molecule has 2 saturated heterocycles. The van der Waals surface area contributed by atoms with Crippen molar-refractivity contribution in [3.63, 3.8) is 0 Å². The van der Waals surface area contributed by atoms with Gasteiger partial charge in [0.2, 0.25) is 5.91 Å². The first-order valence-electron chi connectivity index (χ1n) is 10.4. The van der Waals surface area contributed by atoms with Crippen LogP contribution in [0.15, 0.2) is 4.99 Å². The summed E-state index contributed by atoms with van der Waals surface area (Å²) in [4.78, 5) is 20.3. The molecule has 0 radical (unpaired) electrons. The van der Waals surface area contributed by atoms with Gasteiger partial charge in [0, 0.05) is 51.2 Å². The van der Waals surface area contributed by atoms with Crippen LogP contribution < -0.4 is 10.6 Å². The molecule has 10 heteroatoms. The third-order valence-corrected chi connectivity index (χ3v) is 6.03. The van der Waals surface area contributed by atoms with Crippen LogP contribution in [0.5, 0.6) is 0 Å². The summed E-state index contributed by atoms with van der Waals surface area (Å²) in [7, 11) is 1.66. The Labute approximate surface area is 188 Å². The third-order valence-electron chi connectivity index (χ3n) is 6.03. The van der Waals surface area contributed by atoms with E-state index < -0.39 is 12.7 Å². The number of nitrogens with zero attached hydrogens (tertiary/aromatic N) is 3. The fraction of sp³-hybridized carbons (Fsp3) is 0.895. The molecule has 29 heavy (non-hydrogen) atoms. The van der Waals surface area contributed by atoms with Crippen LogP contribution in [0.4, 0.5) is 13.2 Å². The van der Waals surface area contributed by atoms with Crippen LogP contribution in [-0.2, 0) is 4.79 Å². The summed E-state index contributed by atoms with van der Waals surface area (Å²) in [5.74, 6) is 1.07. The maximum absolute atomic E-state index is 12.7. The zero-order valence-electron chi connectivity index (χ0n) is 17.0. The molecule has 0 spiro atoms. The van der Waals surface area contributed by atoms with E-state index in [9.17, 15) is 18.0 Å². The summed E-state index contributed by atoms with van der Waals surface area (Å²) in [5, 5.41) is 6.59. The second-order valence-electron chi connectivity index (χ2n) is 8.30. The molecule has 2 aliphatic heterocycles. The Morgan fingerprint density at radius 3 is 2.24 bits per heavy atom. The van der Waals surface area contributed by atoms with Crippen LogP contribution in [0.3, 0.4) is 0 Å². The number of guanidine groups is 1. The summed E-state index contributed by atoms with van der Waals surface area (Å²) < 4.78 is 37.6.